The molecule has 1 amide bonds. The predicted octanol–water partition coefficient (Wildman–Crippen LogP) is 3.73. The molecule has 2 aliphatic heterocycles. The van der Waals surface area contributed by atoms with Gasteiger partial charge in [-0.15, -0.1) is 0 Å². The van der Waals surface area contributed by atoms with Gasteiger partial charge in [0.05, 0.1) is 36.6 Å². The number of halogens is 1. The molecule has 2 atom stereocenters. The molecule has 4 rings (SSSR count). The van der Waals surface area contributed by atoms with E-state index in [1.165, 1.54) is 6.07 Å². The molecule has 0 radical (unpaired) electrons. The van der Waals surface area contributed by atoms with Gasteiger partial charge in [0.25, 0.3) is 5.91 Å². The van der Waals surface area contributed by atoms with E-state index in [9.17, 15) is 19.1 Å². The van der Waals surface area contributed by atoms with Gasteiger partial charge in [-0.1, -0.05) is 19.9 Å². The highest BCUT2D eigenvalue weighted by molar-refractivity contribution is 7.99. The number of nitrogens with zero attached hydrogens (tertiary/aromatic N) is 1. The van der Waals surface area contributed by atoms with E-state index in [4.69, 9.17) is 9.47 Å². The van der Waals surface area contributed by atoms with Gasteiger partial charge in [-0.2, -0.15) is 11.8 Å². The number of aromatic nitrogens is 1. The van der Waals surface area contributed by atoms with Crippen LogP contribution in [0.5, 0.6) is 5.75 Å². The average molecular weight is 517 g/mol. The summed E-state index contributed by atoms with van der Waals surface area (Å²) in [5.41, 5.74) is 2.45. The average Bonchev–Trinajstić information content (AvgIpc) is 3.32. The normalized spacial score (nSPS) is 19.1. The molecule has 3 heterocycles. The number of hydrogen-bond acceptors (Lipinski definition) is 7. The van der Waals surface area contributed by atoms with Crippen LogP contribution >= 0.6 is 11.8 Å². The fraction of sp³-hybridized carbons (Fsp3) is 0.519. The van der Waals surface area contributed by atoms with Crippen LogP contribution in [0, 0.1) is 5.82 Å². The van der Waals surface area contributed by atoms with Crippen molar-refractivity contribution in [2.45, 2.75) is 63.3 Å². The molecular formula is C27H33FN2O5S. The Bertz CT molecular complexity index is 1110. The van der Waals surface area contributed by atoms with Crippen LogP contribution in [0.1, 0.15) is 70.8 Å². The molecule has 0 spiro atoms. The Morgan fingerprint density at radius 2 is 2.11 bits per heavy atom. The van der Waals surface area contributed by atoms with Crippen molar-refractivity contribution in [2.75, 3.05) is 25.6 Å². The number of thioether (sulfide) groups is 1. The summed E-state index contributed by atoms with van der Waals surface area (Å²) in [7, 11) is 0. The lowest BCUT2D eigenvalue weighted by atomic mass is 9.99. The van der Waals surface area contributed by atoms with Crippen LogP contribution in [0.25, 0.3) is 0 Å². The minimum absolute atomic E-state index is 0.111. The molecule has 36 heavy (non-hydrogen) atoms. The molecule has 0 unspecified atom stereocenters. The van der Waals surface area contributed by atoms with Gasteiger partial charge in [0.2, 0.25) is 0 Å². The summed E-state index contributed by atoms with van der Waals surface area (Å²) in [4.78, 5) is 29.9. The number of amides is 1. The van der Waals surface area contributed by atoms with Crippen LogP contribution in [0.2, 0.25) is 0 Å². The Balaban J connectivity index is 1.47. The Hall–Kier alpha value is -2.49. The van der Waals surface area contributed by atoms with Crippen molar-refractivity contribution in [3.8, 4) is 5.75 Å². The topological polar surface area (TPSA) is 97.8 Å². The highest BCUT2D eigenvalue weighted by Crippen LogP contribution is 2.31. The van der Waals surface area contributed by atoms with Gasteiger partial charge < -0.3 is 19.9 Å². The lowest BCUT2D eigenvalue weighted by Gasteiger charge is -2.28. The number of pyridine rings is 1. The third-order valence-electron chi connectivity index (χ3n) is 6.31. The van der Waals surface area contributed by atoms with Crippen molar-refractivity contribution in [1.82, 2.24) is 10.3 Å². The number of benzene rings is 1. The van der Waals surface area contributed by atoms with Crippen molar-refractivity contribution in [3.05, 3.63) is 58.2 Å². The maximum absolute atomic E-state index is 14.9. The van der Waals surface area contributed by atoms with Crippen molar-refractivity contribution < 1.29 is 28.6 Å². The van der Waals surface area contributed by atoms with Crippen LogP contribution in [0.4, 0.5) is 4.39 Å². The Morgan fingerprint density at radius 1 is 1.28 bits per heavy atom. The Morgan fingerprint density at radius 3 is 2.86 bits per heavy atom. The zero-order chi connectivity index (χ0) is 25.7. The molecule has 194 valence electrons. The maximum atomic E-state index is 14.9. The first-order valence-corrected chi connectivity index (χ1v) is 13.5. The third-order valence-corrected chi connectivity index (χ3v) is 7.50. The van der Waals surface area contributed by atoms with E-state index in [0.29, 0.717) is 61.2 Å². The number of rotatable bonds is 10. The fourth-order valence-electron chi connectivity index (χ4n) is 4.42. The number of Topliss-reactive ketones (excluding diaryl/α,β-unsaturated/α-hetero) is 1. The first kappa shape index (κ1) is 26.6. The number of ketones is 1. The molecule has 0 saturated carbocycles. The zero-order valence-electron chi connectivity index (χ0n) is 20.7. The summed E-state index contributed by atoms with van der Waals surface area (Å²) in [6.07, 6.45) is 1.72. The Labute approximate surface area is 215 Å². The van der Waals surface area contributed by atoms with Crippen LogP contribution in [-0.4, -0.2) is 64.8 Å². The second-order valence-corrected chi connectivity index (χ2v) is 11.2. The van der Waals surface area contributed by atoms with Crippen LogP contribution in [0.15, 0.2) is 24.3 Å². The first-order valence-electron chi connectivity index (χ1n) is 12.5. The summed E-state index contributed by atoms with van der Waals surface area (Å²) in [5, 5.41) is 13.5. The minimum atomic E-state index is -0.766. The first-order chi connectivity index (χ1) is 17.3. The smallest absolute Gasteiger partial charge is 0.270 e. The molecule has 9 heteroatoms. The molecule has 1 fully saturated rings. The molecule has 1 saturated heterocycles. The van der Waals surface area contributed by atoms with Crippen LogP contribution < -0.4 is 10.1 Å². The van der Waals surface area contributed by atoms with Crippen molar-refractivity contribution in [1.29, 1.82) is 0 Å². The number of fused-ring (bicyclic) bond motifs is 1. The van der Waals surface area contributed by atoms with E-state index in [-0.39, 0.29) is 29.6 Å². The predicted molar refractivity (Wildman–Crippen MR) is 136 cm³/mol. The molecule has 1 aromatic carbocycles. The zero-order valence-corrected chi connectivity index (χ0v) is 21.5. The molecule has 0 bridgehead atoms. The van der Waals surface area contributed by atoms with E-state index < -0.39 is 18.0 Å². The van der Waals surface area contributed by atoms with Crippen LogP contribution in [-0.2, 0) is 17.6 Å². The van der Waals surface area contributed by atoms with E-state index in [1.54, 1.807) is 30.0 Å². The van der Waals surface area contributed by atoms with E-state index in [0.717, 1.165) is 17.7 Å². The number of carbonyl (C=O) groups excluding carboxylic acids is 2. The summed E-state index contributed by atoms with van der Waals surface area (Å²) in [5.74, 6) is 0.401. The Kier molecular flexibility index (Phi) is 8.98. The van der Waals surface area contributed by atoms with Crippen molar-refractivity contribution in [3.63, 3.8) is 0 Å². The van der Waals surface area contributed by atoms with E-state index in [2.05, 4.69) is 24.1 Å². The SMILES string of the molecule is CC(C)SCCCC(=O)c1ccc(Cc2cc(C(=O)N[C@H]3CCOC[C@@H]3O)nc3c2OCC3)cc1F. The largest absolute Gasteiger partial charge is 0.491 e. The van der Waals surface area contributed by atoms with E-state index >= 15 is 0 Å². The number of hydrogen-bond donors (Lipinski definition) is 2. The van der Waals surface area contributed by atoms with Gasteiger partial charge in [0, 0.05) is 31.4 Å². The molecule has 1 aromatic heterocycles. The molecule has 7 nitrogen and oxygen atoms in total. The number of aliphatic hydroxyl groups is 1. The molecule has 0 aliphatic carbocycles. The van der Waals surface area contributed by atoms with Gasteiger partial charge >= 0.3 is 0 Å². The summed E-state index contributed by atoms with van der Waals surface area (Å²) in [6, 6.07) is 5.94. The molecule has 2 N–H and O–H groups in total. The highest BCUT2D eigenvalue weighted by Gasteiger charge is 2.28. The quantitative estimate of drug-likeness (QED) is 0.367. The minimum Gasteiger partial charge on any atom is -0.491 e. The second kappa shape index (κ2) is 12.2. The van der Waals surface area contributed by atoms with Gasteiger partial charge in [-0.05, 0) is 47.6 Å². The van der Waals surface area contributed by atoms with Gasteiger partial charge in [-0.25, -0.2) is 9.37 Å². The molecule has 2 aromatic rings. The van der Waals surface area contributed by atoms with Crippen molar-refractivity contribution >= 4 is 23.5 Å². The van der Waals surface area contributed by atoms with Crippen molar-refractivity contribution in [2.24, 2.45) is 0 Å². The summed E-state index contributed by atoms with van der Waals surface area (Å²) < 4.78 is 25.8. The fourth-order valence-corrected chi connectivity index (χ4v) is 5.20. The summed E-state index contributed by atoms with van der Waals surface area (Å²) in [6.45, 7) is 5.35. The van der Waals surface area contributed by atoms with Gasteiger partial charge in [0.1, 0.15) is 17.3 Å². The number of aliphatic hydroxyl groups excluding tert-OH is 1. The van der Waals surface area contributed by atoms with Crippen LogP contribution in [0.3, 0.4) is 0 Å². The van der Waals surface area contributed by atoms with E-state index in [1.807, 2.05) is 0 Å². The summed E-state index contributed by atoms with van der Waals surface area (Å²) >= 11 is 1.79. The maximum Gasteiger partial charge on any atom is 0.270 e. The number of ether oxygens (including phenoxy) is 2. The molecular weight excluding hydrogens is 483 g/mol. The lowest BCUT2D eigenvalue weighted by molar-refractivity contribution is -0.0261. The van der Waals surface area contributed by atoms with Gasteiger partial charge in [-0.3, -0.25) is 9.59 Å². The monoisotopic (exact) mass is 516 g/mol. The third kappa shape index (κ3) is 6.63. The standard InChI is InChI=1S/C27H33FN2O5S/c1-16(2)36-11-3-4-24(31)19-6-5-17(13-20(19)28)12-18-14-23(29-22-8-10-35-26(18)22)27(33)30-21-7-9-34-15-25(21)32/h5-6,13-14,16,21,25,32H,3-4,7-12,15H2,1-2H3,(H,30,33)/t21-,25-/m0/s1. The lowest BCUT2D eigenvalue weighted by Crippen LogP contribution is -2.48. The number of nitrogens with one attached hydrogen (secondary N) is 1. The second-order valence-electron chi connectivity index (χ2n) is 9.49. The highest BCUT2D eigenvalue weighted by atomic mass is 32.2. The number of carbonyl (C=O) groups is 2. The molecule has 2 aliphatic rings. The van der Waals surface area contributed by atoms with Gasteiger partial charge in [0.15, 0.2) is 5.78 Å².